The summed E-state index contributed by atoms with van der Waals surface area (Å²) in [5.74, 6) is 0.785. The van der Waals surface area contributed by atoms with Gasteiger partial charge in [0.15, 0.2) is 0 Å². The smallest absolute Gasteiger partial charge is 0.322 e. The molecule has 2 amide bonds. The van der Waals surface area contributed by atoms with Crippen LogP contribution in [0.3, 0.4) is 0 Å². The molecule has 0 unspecified atom stereocenters. The Hall–Kier alpha value is -2.20. The van der Waals surface area contributed by atoms with Gasteiger partial charge in [0, 0.05) is 37.4 Å². The SMILES string of the molecule is N#Cc1ccc(N2CCN(C(=O)Nc3c(Cl)cc(Cl)cc3Cl)CC2)nc1. The molecule has 0 radical (unpaired) electrons. The summed E-state index contributed by atoms with van der Waals surface area (Å²) in [5, 5.41) is 12.5. The van der Waals surface area contributed by atoms with Crippen molar-refractivity contribution in [2.24, 2.45) is 0 Å². The molecule has 2 aromatic rings. The first kappa shape index (κ1) is 18.6. The Morgan fingerprint density at radius 2 is 1.77 bits per heavy atom. The van der Waals surface area contributed by atoms with E-state index in [1.807, 2.05) is 12.1 Å². The Morgan fingerprint density at radius 3 is 2.31 bits per heavy atom. The van der Waals surface area contributed by atoms with Crippen LogP contribution in [0.2, 0.25) is 15.1 Å². The van der Waals surface area contributed by atoms with Crippen LogP contribution in [0.5, 0.6) is 0 Å². The van der Waals surface area contributed by atoms with Crippen molar-refractivity contribution in [2.75, 3.05) is 36.4 Å². The van der Waals surface area contributed by atoms with Crippen LogP contribution in [0.4, 0.5) is 16.3 Å². The van der Waals surface area contributed by atoms with Crippen LogP contribution in [0.25, 0.3) is 0 Å². The van der Waals surface area contributed by atoms with Gasteiger partial charge in [-0.15, -0.1) is 0 Å². The highest BCUT2D eigenvalue weighted by Gasteiger charge is 2.23. The van der Waals surface area contributed by atoms with Crippen LogP contribution in [0, 0.1) is 11.3 Å². The highest BCUT2D eigenvalue weighted by molar-refractivity contribution is 6.42. The fraction of sp³-hybridized carbons (Fsp3) is 0.235. The third-order valence-corrected chi connectivity index (χ3v) is 4.82. The van der Waals surface area contributed by atoms with E-state index in [0.29, 0.717) is 42.5 Å². The number of amides is 2. The first-order valence-corrected chi connectivity index (χ1v) is 8.93. The molecular weight excluding hydrogens is 397 g/mol. The largest absolute Gasteiger partial charge is 0.353 e. The summed E-state index contributed by atoms with van der Waals surface area (Å²) in [6.07, 6.45) is 1.54. The van der Waals surface area contributed by atoms with Crippen molar-refractivity contribution in [1.29, 1.82) is 5.26 Å². The predicted molar refractivity (Wildman–Crippen MR) is 103 cm³/mol. The number of benzene rings is 1. The lowest BCUT2D eigenvalue weighted by Gasteiger charge is -2.35. The number of rotatable bonds is 2. The van der Waals surface area contributed by atoms with Crippen LogP contribution in [0.15, 0.2) is 30.5 Å². The number of nitrogens with zero attached hydrogens (tertiary/aromatic N) is 4. The zero-order valence-electron chi connectivity index (χ0n) is 13.5. The first-order chi connectivity index (χ1) is 12.5. The number of piperazine rings is 1. The minimum atomic E-state index is -0.274. The number of nitriles is 1. The van der Waals surface area contributed by atoms with E-state index in [2.05, 4.69) is 15.2 Å². The standard InChI is InChI=1S/C17H14Cl3N5O/c18-12-7-13(19)16(14(20)8-12)23-17(26)25-5-3-24(4-6-25)15-2-1-11(9-21)10-22-15/h1-2,7-8,10H,3-6H2,(H,23,26). The molecular formula is C17H14Cl3N5O. The summed E-state index contributed by atoms with van der Waals surface area (Å²) in [6, 6.07) is 8.36. The summed E-state index contributed by atoms with van der Waals surface area (Å²) in [7, 11) is 0. The van der Waals surface area contributed by atoms with Crippen molar-refractivity contribution in [3.05, 3.63) is 51.1 Å². The summed E-state index contributed by atoms with van der Waals surface area (Å²) in [6.45, 7) is 2.31. The van der Waals surface area contributed by atoms with Gasteiger partial charge < -0.3 is 15.1 Å². The molecule has 2 heterocycles. The third-order valence-electron chi connectivity index (χ3n) is 4.01. The lowest BCUT2D eigenvalue weighted by molar-refractivity contribution is 0.208. The van der Waals surface area contributed by atoms with E-state index in [9.17, 15) is 4.79 Å². The molecule has 1 aromatic carbocycles. The van der Waals surface area contributed by atoms with Crippen molar-refractivity contribution in [3.63, 3.8) is 0 Å². The first-order valence-electron chi connectivity index (χ1n) is 7.79. The number of pyridine rings is 1. The van der Waals surface area contributed by atoms with Gasteiger partial charge >= 0.3 is 6.03 Å². The second-order valence-corrected chi connectivity index (χ2v) is 6.92. The van der Waals surface area contributed by atoms with E-state index in [1.165, 1.54) is 12.1 Å². The van der Waals surface area contributed by atoms with Crippen LogP contribution >= 0.6 is 34.8 Å². The van der Waals surface area contributed by atoms with Gasteiger partial charge in [-0.1, -0.05) is 34.8 Å². The molecule has 6 nitrogen and oxygen atoms in total. The maximum atomic E-state index is 12.5. The molecule has 0 atom stereocenters. The molecule has 1 saturated heterocycles. The van der Waals surface area contributed by atoms with Crippen LogP contribution in [0.1, 0.15) is 5.56 Å². The fourth-order valence-electron chi connectivity index (χ4n) is 2.63. The van der Waals surface area contributed by atoms with E-state index >= 15 is 0 Å². The van der Waals surface area contributed by atoms with Crippen molar-refractivity contribution < 1.29 is 4.79 Å². The molecule has 0 aliphatic carbocycles. The van der Waals surface area contributed by atoms with Gasteiger partial charge in [-0.2, -0.15) is 5.26 Å². The number of hydrogen-bond acceptors (Lipinski definition) is 4. The summed E-state index contributed by atoms with van der Waals surface area (Å²) >= 11 is 18.1. The Kier molecular flexibility index (Phi) is 5.72. The normalized spacial score (nSPS) is 14.1. The molecule has 1 aliphatic heterocycles. The number of carbonyl (C=O) groups is 1. The maximum Gasteiger partial charge on any atom is 0.322 e. The van der Waals surface area contributed by atoms with E-state index in [1.54, 1.807) is 17.2 Å². The van der Waals surface area contributed by atoms with Crippen molar-refractivity contribution in [1.82, 2.24) is 9.88 Å². The minimum Gasteiger partial charge on any atom is -0.353 e. The molecule has 1 aromatic heterocycles. The van der Waals surface area contributed by atoms with Crippen LogP contribution in [-0.4, -0.2) is 42.1 Å². The molecule has 134 valence electrons. The van der Waals surface area contributed by atoms with Gasteiger partial charge in [-0.05, 0) is 24.3 Å². The lowest BCUT2D eigenvalue weighted by Crippen LogP contribution is -2.50. The number of halogens is 3. The van der Waals surface area contributed by atoms with Gasteiger partial charge in [-0.25, -0.2) is 9.78 Å². The van der Waals surface area contributed by atoms with Gasteiger partial charge in [0.1, 0.15) is 11.9 Å². The molecule has 9 heteroatoms. The molecule has 0 spiro atoms. The lowest BCUT2D eigenvalue weighted by atomic mass is 10.2. The Bertz CT molecular complexity index is 835. The van der Waals surface area contributed by atoms with Crippen molar-refractivity contribution in [2.45, 2.75) is 0 Å². The van der Waals surface area contributed by atoms with E-state index in [-0.39, 0.29) is 16.1 Å². The van der Waals surface area contributed by atoms with Crippen LogP contribution < -0.4 is 10.2 Å². The third kappa shape index (κ3) is 4.13. The quantitative estimate of drug-likeness (QED) is 0.802. The van der Waals surface area contributed by atoms with Gasteiger partial charge in [-0.3, -0.25) is 0 Å². The number of carbonyl (C=O) groups excluding carboxylic acids is 1. The Labute approximate surface area is 165 Å². The highest BCUT2D eigenvalue weighted by Crippen LogP contribution is 2.33. The van der Waals surface area contributed by atoms with E-state index in [0.717, 1.165) is 5.82 Å². The summed E-state index contributed by atoms with van der Waals surface area (Å²) in [4.78, 5) is 20.5. The summed E-state index contributed by atoms with van der Waals surface area (Å²) < 4.78 is 0. The number of aromatic nitrogens is 1. The van der Waals surface area contributed by atoms with Crippen LogP contribution in [-0.2, 0) is 0 Å². The average molecular weight is 411 g/mol. The van der Waals surface area contributed by atoms with Crippen molar-refractivity contribution >= 4 is 52.3 Å². The number of anilines is 2. The van der Waals surface area contributed by atoms with Gasteiger partial charge in [0.25, 0.3) is 0 Å². The molecule has 0 saturated carbocycles. The topological polar surface area (TPSA) is 72.3 Å². The maximum absolute atomic E-state index is 12.5. The Morgan fingerprint density at radius 1 is 1.12 bits per heavy atom. The second kappa shape index (κ2) is 8.00. The Balaban J connectivity index is 1.61. The predicted octanol–water partition coefficient (Wildman–Crippen LogP) is 4.27. The van der Waals surface area contributed by atoms with E-state index < -0.39 is 0 Å². The minimum absolute atomic E-state index is 0.274. The highest BCUT2D eigenvalue weighted by atomic mass is 35.5. The second-order valence-electron chi connectivity index (χ2n) is 5.67. The molecule has 0 bridgehead atoms. The molecule has 1 N–H and O–H groups in total. The molecule has 1 fully saturated rings. The van der Waals surface area contributed by atoms with E-state index in [4.69, 9.17) is 40.1 Å². The zero-order chi connectivity index (χ0) is 18.7. The molecule has 3 rings (SSSR count). The number of urea groups is 1. The monoisotopic (exact) mass is 409 g/mol. The number of hydrogen-bond donors (Lipinski definition) is 1. The molecule has 1 aliphatic rings. The average Bonchev–Trinajstić information content (AvgIpc) is 2.64. The fourth-order valence-corrected chi connectivity index (χ4v) is 3.54. The van der Waals surface area contributed by atoms with Crippen molar-refractivity contribution in [3.8, 4) is 6.07 Å². The van der Waals surface area contributed by atoms with Gasteiger partial charge in [0.2, 0.25) is 0 Å². The summed E-state index contributed by atoms with van der Waals surface area (Å²) in [5.41, 5.74) is 0.863. The number of nitrogens with one attached hydrogen (secondary N) is 1. The molecule has 26 heavy (non-hydrogen) atoms. The van der Waals surface area contributed by atoms with Gasteiger partial charge in [0.05, 0.1) is 21.3 Å². The zero-order valence-corrected chi connectivity index (χ0v) is 15.8.